The average molecular weight is 302 g/mol. The first-order chi connectivity index (χ1) is 10.2. The van der Waals surface area contributed by atoms with Gasteiger partial charge in [-0.25, -0.2) is 0 Å². The highest BCUT2D eigenvalue weighted by Gasteiger charge is 2.25. The number of hydrogen-bond acceptors (Lipinski definition) is 3. The van der Waals surface area contributed by atoms with E-state index in [1.54, 1.807) is 12.4 Å². The molecule has 108 valence electrons. The van der Waals surface area contributed by atoms with E-state index in [0.717, 1.165) is 17.8 Å². The molecule has 1 saturated heterocycles. The molecule has 4 nitrogen and oxygen atoms in total. The van der Waals surface area contributed by atoms with Gasteiger partial charge in [0.15, 0.2) is 0 Å². The first-order valence-electron chi connectivity index (χ1n) is 6.90. The molecule has 0 spiro atoms. The predicted octanol–water partition coefficient (Wildman–Crippen LogP) is 2.58. The summed E-state index contributed by atoms with van der Waals surface area (Å²) >= 11 is 6.14. The molecular formula is C16H16ClN3O. The summed E-state index contributed by atoms with van der Waals surface area (Å²) in [5, 5.41) is 0.585. The standard InChI is InChI=1S/C16H16ClN3O/c17-14-10-18-7-6-15(14)19-8-9-20(16(21)12-19)11-13-4-2-1-3-5-13/h1-7,10H,8-9,11-12H2. The number of anilines is 1. The summed E-state index contributed by atoms with van der Waals surface area (Å²) in [5.41, 5.74) is 2.03. The third kappa shape index (κ3) is 3.16. The molecule has 0 unspecified atom stereocenters. The summed E-state index contributed by atoms with van der Waals surface area (Å²) in [6, 6.07) is 11.9. The Bertz CT molecular complexity index is 632. The first kappa shape index (κ1) is 13.9. The Hall–Kier alpha value is -2.07. The molecule has 1 aliphatic rings. The number of benzene rings is 1. The summed E-state index contributed by atoms with van der Waals surface area (Å²) in [7, 11) is 0. The number of hydrogen-bond donors (Lipinski definition) is 0. The fourth-order valence-electron chi connectivity index (χ4n) is 2.51. The van der Waals surface area contributed by atoms with E-state index in [4.69, 9.17) is 11.6 Å². The fourth-order valence-corrected chi connectivity index (χ4v) is 2.75. The van der Waals surface area contributed by atoms with Crippen molar-refractivity contribution < 1.29 is 4.79 Å². The van der Waals surface area contributed by atoms with Gasteiger partial charge in [-0.05, 0) is 11.6 Å². The van der Waals surface area contributed by atoms with Gasteiger partial charge in [0.05, 0.1) is 17.3 Å². The van der Waals surface area contributed by atoms with Crippen molar-refractivity contribution in [2.24, 2.45) is 0 Å². The van der Waals surface area contributed by atoms with Gasteiger partial charge in [-0.3, -0.25) is 9.78 Å². The molecule has 1 aromatic carbocycles. The van der Waals surface area contributed by atoms with E-state index in [0.29, 0.717) is 24.7 Å². The van der Waals surface area contributed by atoms with Crippen LogP contribution in [0.1, 0.15) is 5.56 Å². The van der Waals surface area contributed by atoms with E-state index in [-0.39, 0.29) is 5.91 Å². The minimum absolute atomic E-state index is 0.123. The van der Waals surface area contributed by atoms with E-state index in [2.05, 4.69) is 4.98 Å². The quantitative estimate of drug-likeness (QED) is 0.874. The van der Waals surface area contributed by atoms with Crippen LogP contribution in [0.2, 0.25) is 5.02 Å². The van der Waals surface area contributed by atoms with Crippen molar-refractivity contribution in [3.05, 3.63) is 59.4 Å². The lowest BCUT2D eigenvalue weighted by Crippen LogP contribution is -2.50. The number of carbonyl (C=O) groups is 1. The fraction of sp³-hybridized carbons (Fsp3) is 0.250. The Labute approximate surface area is 129 Å². The van der Waals surface area contributed by atoms with Gasteiger partial charge in [0.1, 0.15) is 0 Å². The number of piperazine rings is 1. The van der Waals surface area contributed by atoms with Gasteiger partial charge < -0.3 is 9.80 Å². The molecule has 2 aromatic rings. The molecule has 0 saturated carbocycles. The normalized spacial score (nSPS) is 15.4. The third-order valence-corrected chi connectivity index (χ3v) is 3.92. The van der Waals surface area contributed by atoms with Crippen LogP contribution in [0.25, 0.3) is 0 Å². The van der Waals surface area contributed by atoms with Crippen LogP contribution in [0, 0.1) is 0 Å². The molecule has 3 rings (SSSR count). The molecule has 0 atom stereocenters. The summed E-state index contributed by atoms with van der Waals surface area (Å²) < 4.78 is 0. The minimum Gasteiger partial charge on any atom is -0.359 e. The monoisotopic (exact) mass is 301 g/mol. The van der Waals surface area contributed by atoms with E-state index in [1.807, 2.05) is 46.2 Å². The number of nitrogens with zero attached hydrogens (tertiary/aromatic N) is 3. The van der Waals surface area contributed by atoms with Gasteiger partial charge in [0.2, 0.25) is 5.91 Å². The molecule has 2 heterocycles. The second kappa shape index (κ2) is 6.14. The smallest absolute Gasteiger partial charge is 0.242 e. The molecule has 0 bridgehead atoms. The largest absolute Gasteiger partial charge is 0.359 e. The Balaban J connectivity index is 1.67. The number of aromatic nitrogens is 1. The number of halogens is 1. The lowest BCUT2D eigenvalue weighted by Gasteiger charge is -2.36. The molecule has 1 aliphatic heterocycles. The Morgan fingerprint density at radius 1 is 1.14 bits per heavy atom. The molecule has 1 aromatic heterocycles. The zero-order chi connectivity index (χ0) is 14.7. The zero-order valence-corrected chi connectivity index (χ0v) is 12.3. The Kier molecular flexibility index (Phi) is 4.06. The van der Waals surface area contributed by atoms with Crippen molar-refractivity contribution in [2.75, 3.05) is 24.5 Å². The maximum Gasteiger partial charge on any atom is 0.242 e. The van der Waals surface area contributed by atoms with Crippen LogP contribution >= 0.6 is 11.6 Å². The third-order valence-electron chi connectivity index (χ3n) is 3.63. The number of rotatable bonds is 3. The number of pyridine rings is 1. The highest BCUT2D eigenvalue weighted by Crippen LogP contribution is 2.25. The van der Waals surface area contributed by atoms with Crippen molar-refractivity contribution in [1.82, 2.24) is 9.88 Å². The Morgan fingerprint density at radius 2 is 1.95 bits per heavy atom. The molecule has 1 fully saturated rings. The summed E-state index contributed by atoms with van der Waals surface area (Å²) in [6.07, 6.45) is 3.31. The second-order valence-corrected chi connectivity index (χ2v) is 5.46. The van der Waals surface area contributed by atoms with Gasteiger partial charge in [0, 0.05) is 32.0 Å². The summed E-state index contributed by atoms with van der Waals surface area (Å²) in [4.78, 5) is 20.2. The van der Waals surface area contributed by atoms with Crippen LogP contribution in [-0.2, 0) is 11.3 Å². The van der Waals surface area contributed by atoms with Crippen LogP contribution in [0.4, 0.5) is 5.69 Å². The molecule has 0 radical (unpaired) electrons. The topological polar surface area (TPSA) is 36.4 Å². The maximum atomic E-state index is 12.3. The van der Waals surface area contributed by atoms with E-state index < -0.39 is 0 Å². The van der Waals surface area contributed by atoms with Crippen molar-refractivity contribution in [3.63, 3.8) is 0 Å². The van der Waals surface area contributed by atoms with Gasteiger partial charge in [-0.2, -0.15) is 0 Å². The molecule has 0 N–H and O–H groups in total. The lowest BCUT2D eigenvalue weighted by molar-refractivity contribution is -0.131. The highest BCUT2D eigenvalue weighted by atomic mass is 35.5. The second-order valence-electron chi connectivity index (χ2n) is 5.05. The van der Waals surface area contributed by atoms with Crippen LogP contribution < -0.4 is 4.90 Å². The van der Waals surface area contributed by atoms with Gasteiger partial charge >= 0.3 is 0 Å². The predicted molar refractivity (Wildman–Crippen MR) is 83.3 cm³/mol. The van der Waals surface area contributed by atoms with Crippen LogP contribution in [0.15, 0.2) is 48.8 Å². The first-order valence-corrected chi connectivity index (χ1v) is 7.28. The van der Waals surface area contributed by atoms with Crippen molar-refractivity contribution in [2.45, 2.75) is 6.54 Å². The van der Waals surface area contributed by atoms with Crippen molar-refractivity contribution in [3.8, 4) is 0 Å². The number of carbonyl (C=O) groups excluding carboxylic acids is 1. The van der Waals surface area contributed by atoms with Gasteiger partial charge in [0.25, 0.3) is 0 Å². The highest BCUT2D eigenvalue weighted by molar-refractivity contribution is 6.33. The minimum atomic E-state index is 0.123. The molecular weight excluding hydrogens is 286 g/mol. The van der Waals surface area contributed by atoms with E-state index in [9.17, 15) is 4.79 Å². The summed E-state index contributed by atoms with van der Waals surface area (Å²) in [5.74, 6) is 0.123. The van der Waals surface area contributed by atoms with Crippen LogP contribution in [0.5, 0.6) is 0 Å². The zero-order valence-electron chi connectivity index (χ0n) is 11.6. The molecule has 21 heavy (non-hydrogen) atoms. The molecule has 5 heteroatoms. The summed E-state index contributed by atoms with van der Waals surface area (Å²) in [6.45, 7) is 2.50. The van der Waals surface area contributed by atoms with E-state index in [1.165, 1.54) is 0 Å². The maximum absolute atomic E-state index is 12.3. The van der Waals surface area contributed by atoms with E-state index >= 15 is 0 Å². The molecule has 1 amide bonds. The van der Waals surface area contributed by atoms with Crippen LogP contribution in [0.3, 0.4) is 0 Å². The molecule has 0 aliphatic carbocycles. The SMILES string of the molecule is O=C1CN(c2ccncc2Cl)CCN1Cc1ccccc1. The van der Waals surface area contributed by atoms with Gasteiger partial charge in [-0.1, -0.05) is 41.9 Å². The van der Waals surface area contributed by atoms with Crippen molar-refractivity contribution >= 4 is 23.2 Å². The van der Waals surface area contributed by atoms with Gasteiger partial charge in [-0.15, -0.1) is 0 Å². The Morgan fingerprint density at radius 3 is 2.67 bits per heavy atom. The van der Waals surface area contributed by atoms with Crippen LogP contribution in [-0.4, -0.2) is 35.4 Å². The number of amides is 1. The average Bonchev–Trinajstić information content (AvgIpc) is 2.51. The lowest BCUT2D eigenvalue weighted by atomic mass is 10.2. The van der Waals surface area contributed by atoms with Crippen molar-refractivity contribution in [1.29, 1.82) is 0 Å².